The average Bonchev–Trinajstić information content (AvgIpc) is 2.49. The van der Waals surface area contributed by atoms with Crippen molar-refractivity contribution < 1.29 is 29.3 Å². The molecule has 0 spiro atoms. The molecule has 23 heavy (non-hydrogen) atoms. The number of para-hydroxylation sites is 1. The van der Waals surface area contributed by atoms with Gasteiger partial charge in [0.05, 0.1) is 13.5 Å². The van der Waals surface area contributed by atoms with Gasteiger partial charge in [-0.25, -0.2) is 4.79 Å². The Morgan fingerprint density at radius 2 is 1.96 bits per heavy atom. The summed E-state index contributed by atoms with van der Waals surface area (Å²) in [5.41, 5.74) is -0.363. The number of aliphatic hydroxyl groups is 1. The van der Waals surface area contributed by atoms with Crippen molar-refractivity contribution in [2.75, 3.05) is 20.3 Å². The van der Waals surface area contributed by atoms with Gasteiger partial charge in [-0.05, 0) is 26.0 Å². The van der Waals surface area contributed by atoms with Gasteiger partial charge in [0.15, 0.2) is 0 Å². The van der Waals surface area contributed by atoms with Crippen LogP contribution in [0, 0.1) is 0 Å². The van der Waals surface area contributed by atoms with Crippen LogP contribution in [0.1, 0.15) is 30.6 Å². The van der Waals surface area contributed by atoms with E-state index in [1.54, 1.807) is 38.1 Å². The van der Waals surface area contributed by atoms with Crippen molar-refractivity contribution in [3.63, 3.8) is 0 Å². The maximum absolute atomic E-state index is 11.6. The lowest BCUT2D eigenvalue weighted by Crippen LogP contribution is -2.46. The Balaban J connectivity index is 2.52. The lowest BCUT2D eigenvalue weighted by molar-refractivity contribution is -0.138. The summed E-state index contributed by atoms with van der Waals surface area (Å²) in [6.07, 6.45) is -0.917. The summed E-state index contributed by atoms with van der Waals surface area (Å²) in [6.45, 7) is 3.60. The van der Waals surface area contributed by atoms with Crippen molar-refractivity contribution in [1.82, 2.24) is 5.32 Å². The number of rotatable bonds is 9. The molecular formula is C16H23NO6. The first-order valence-electron chi connectivity index (χ1n) is 7.20. The first-order valence-corrected chi connectivity index (χ1v) is 7.20. The van der Waals surface area contributed by atoms with Crippen LogP contribution < -0.4 is 10.1 Å². The van der Waals surface area contributed by atoms with Crippen LogP contribution in [-0.4, -0.2) is 54.1 Å². The summed E-state index contributed by atoms with van der Waals surface area (Å²) >= 11 is 0. The molecule has 0 radical (unpaired) electrons. The predicted molar refractivity (Wildman–Crippen MR) is 83.6 cm³/mol. The van der Waals surface area contributed by atoms with Gasteiger partial charge >= 0.3 is 11.9 Å². The number of methoxy groups -OCH3 is 1. The van der Waals surface area contributed by atoms with E-state index >= 15 is 0 Å². The minimum atomic E-state index is -0.916. The molecule has 1 unspecified atom stereocenters. The molecule has 1 atom stereocenters. The van der Waals surface area contributed by atoms with E-state index in [0.29, 0.717) is 5.75 Å². The van der Waals surface area contributed by atoms with Gasteiger partial charge in [-0.1, -0.05) is 12.1 Å². The van der Waals surface area contributed by atoms with Crippen LogP contribution in [0.15, 0.2) is 24.3 Å². The summed E-state index contributed by atoms with van der Waals surface area (Å²) in [6, 6.07) is 6.58. The van der Waals surface area contributed by atoms with E-state index < -0.39 is 23.6 Å². The number of esters is 1. The number of carboxylic acids is 1. The molecule has 0 aliphatic carbocycles. The summed E-state index contributed by atoms with van der Waals surface area (Å²) in [4.78, 5) is 22.3. The Labute approximate surface area is 135 Å². The van der Waals surface area contributed by atoms with Gasteiger partial charge in [0.1, 0.15) is 24.0 Å². The number of aliphatic carboxylic acids is 1. The summed E-state index contributed by atoms with van der Waals surface area (Å²) < 4.78 is 10.1. The molecule has 0 saturated heterocycles. The second-order valence-electron chi connectivity index (χ2n) is 5.79. The Morgan fingerprint density at radius 3 is 2.57 bits per heavy atom. The standard InChI is InChI=1S/C16H23NO6/c1-16(2,8-14(19)20)17-9-11(18)10-23-13-7-5-4-6-12(13)15(21)22-3/h4-7,11,17-18H,8-10H2,1-3H3,(H,19,20). The number of hydrogen-bond acceptors (Lipinski definition) is 6. The molecule has 0 saturated carbocycles. The third-order valence-electron chi connectivity index (χ3n) is 3.13. The number of carbonyl (C=O) groups is 2. The molecule has 0 aromatic heterocycles. The second-order valence-corrected chi connectivity index (χ2v) is 5.79. The Kier molecular flexibility index (Phi) is 6.99. The monoisotopic (exact) mass is 325 g/mol. The molecule has 0 fully saturated rings. The quantitative estimate of drug-likeness (QED) is 0.583. The molecule has 1 aromatic carbocycles. The highest BCUT2D eigenvalue weighted by atomic mass is 16.5. The van der Waals surface area contributed by atoms with E-state index in [1.165, 1.54) is 7.11 Å². The van der Waals surface area contributed by atoms with E-state index in [0.717, 1.165) is 0 Å². The molecule has 7 nitrogen and oxygen atoms in total. The van der Waals surface area contributed by atoms with Gasteiger partial charge in [-0.2, -0.15) is 0 Å². The molecule has 1 aromatic rings. The van der Waals surface area contributed by atoms with E-state index in [-0.39, 0.29) is 25.1 Å². The van der Waals surface area contributed by atoms with Gasteiger partial charge in [0, 0.05) is 12.1 Å². The number of carboxylic acid groups (broad SMARTS) is 1. The number of carbonyl (C=O) groups excluding carboxylic acids is 1. The lowest BCUT2D eigenvalue weighted by Gasteiger charge is -2.26. The lowest BCUT2D eigenvalue weighted by atomic mass is 10.0. The van der Waals surface area contributed by atoms with Crippen LogP contribution in [0.3, 0.4) is 0 Å². The molecule has 0 aliphatic rings. The molecule has 3 N–H and O–H groups in total. The Hall–Kier alpha value is -2.12. The molecular weight excluding hydrogens is 302 g/mol. The summed E-state index contributed by atoms with van der Waals surface area (Å²) in [5.74, 6) is -1.11. The highest BCUT2D eigenvalue weighted by Gasteiger charge is 2.22. The van der Waals surface area contributed by atoms with Crippen LogP contribution >= 0.6 is 0 Å². The van der Waals surface area contributed by atoms with Crippen LogP contribution in [0.5, 0.6) is 5.75 Å². The van der Waals surface area contributed by atoms with Crippen LogP contribution in [0.4, 0.5) is 0 Å². The molecule has 7 heteroatoms. The van der Waals surface area contributed by atoms with Gasteiger partial charge in [-0.15, -0.1) is 0 Å². The number of β-amino-alcohol motifs (C(OH)–C–C–N with tert-alkyl or cyclic N) is 1. The van der Waals surface area contributed by atoms with Crippen molar-refractivity contribution >= 4 is 11.9 Å². The number of nitrogens with one attached hydrogen (secondary N) is 1. The first-order chi connectivity index (χ1) is 10.7. The topological polar surface area (TPSA) is 105 Å². The number of ether oxygens (including phenoxy) is 2. The average molecular weight is 325 g/mol. The Morgan fingerprint density at radius 1 is 1.30 bits per heavy atom. The Bertz CT molecular complexity index is 543. The van der Waals surface area contributed by atoms with Crippen molar-refractivity contribution in [3.8, 4) is 5.75 Å². The number of aliphatic hydroxyl groups excluding tert-OH is 1. The fourth-order valence-corrected chi connectivity index (χ4v) is 1.95. The van der Waals surface area contributed by atoms with Crippen LogP contribution in [0.25, 0.3) is 0 Å². The minimum Gasteiger partial charge on any atom is -0.490 e. The van der Waals surface area contributed by atoms with Crippen molar-refractivity contribution in [3.05, 3.63) is 29.8 Å². The van der Waals surface area contributed by atoms with E-state index in [1.807, 2.05) is 0 Å². The molecule has 0 amide bonds. The zero-order chi connectivity index (χ0) is 17.5. The predicted octanol–water partition coefficient (Wildman–Crippen LogP) is 1.06. The van der Waals surface area contributed by atoms with Gasteiger partial charge in [0.2, 0.25) is 0 Å². The van der Waals surface area contributed by atoms with Crippen LogP contribution in [-0.2, 0) is 9.53 Å². The minimum absolute atomic E-state index is 0.0375. The second kappa shape index (κ2) is 8.50. The molecule has 1 rings (SSSR count). The maximum atomic E-state index is 11.6. The highest BCUT2D eigenvalue weighted by molar-refractivity contribution is 5.92. The SMILES string of the molecule is COC(=O)c1ccccc1OCC(O)CNC(C)(C)CC(=O)O. The molecule has 0 aliphatic heterocycles. The third-order valence-corrected chi connectivity index (χ3v) is 3.13. The van der Waals surface area contributed by atoms with Gasteiger partial charge in [0.25, 0.3) is 0 Å². The fourth-order valence-electron chi connectivity index (χ4n) is 1.95. The van der Waals surface area contributed by atoms with E-state index in [4.69, 9.17) is 9.84 Å². The fraction of sp³-hybridized carbons (Fsp3) is 0.500. The third kappa shape index (κ3) is 6.66. The molecule has 0 heterocycles. The van der Waals surface area contributed by atoms with Gasteiger partial charge < -0.3 is 25.0 Å². The molecule has 0 bridgehead atoms. The number of hydrogen-bond donors (Lipinski definition) is 3. The normalized spacial score (nSPS) is 12.5. The van der Waals surface area contributed by atoms with Crippen molar-refractivity contribution in [2.24, 2.45) is 0 Å². The highest BCUT2D eigenvalue weighted by Crippen LogP contribution is 2.19. The maximum Gasteiger partial charge on any atom is 0.341 e. The summed E-state index contributed by atoms with van der Waals surface area (Å²) in [7, 11) is 1.28. The first kappa shape index (κ1) is 18.9. The molecule has 128 valence electrons. The van der Waals surface area contributed by atoms with E-state index in [2.05, 4.69) is 10.1 Å². The van der Waals surface area contributed by atoms with Crippen molar-refractivity contribution in [1.29, 1.82) is 0 Å². The van der Waals surface area contributed by atoms with Crippen LogP contribution in [0.2, 0.25) is 0 Å². The van der Waals surface area contributed by atoms with Crippen molar-refractivity contribution in [2.45, 2.75) is 31.9 Å². The van der Waals surface area contributed by atoms with E-state index in [9.17, 15) is 14.7 Å². The zero-order valence-corrected chi connectivity index (χ0v) is 13.5. The number of benzene rings is 1. The smallest absolute Gasteiger partial charge is 0.341 e. The zero-order valence-electron chi connectivity index (χ0n) is 13.5. The summed E-state index contributed by atoms with van der Waals surface area (Å²) in [5, 5.41) is 21.7. The largest absolute Gasteiger partial charge is 0.490 e. The van der Waals surface area contributed by atoms with Gasteiger partial charge in [-0.3, -0.25) is 4.79 Å².